The van der Waals surface area contributed by atoms with Gasteiger partial charge in [-0.1, -0.05) is 18.2 Å². The maximum Gasteiger partial charge on any atom is 0.133 e. The normalized spacial score (nSPS) is 32.7. The Balaban J connectivity index is 2.10. The molecule has 2 unspecified atom stereocenters. The highest BCUT2D eigenvalue weighted by atomic mass is 16.5. The largest absolute Gasteiger partial charge is 0.465 e. The van der Waals surface area contributed by atoms with Gasteiger partial charge in [-0.2, -0.15) is 0 Å². The molecule has 2 atom stereocenters. The lowest BCUT2D eigenvalue weighted by atomic mass is 9.98. The molecular formula is C11H13N3O. The third-order valence-electron chi connectivity index (χ3n) is 2.84. The van der Waals surface area contributed by atoms with Crippen molar-refractivity contribution in [3.05, 3.63) is 42.2 Å². The average molecular weight is 203 g/mol. The van der Waals surface area contributed by atoms with Crippen molar-refractivity contribution in [2.24, 2.45) is 5.73 Å². The molecule has 0 amide bonds. The monoisotopic (exact) mass is 203 g/mol. The van der Waals surface area contributed by atoms with Crippen LogP contribution in [0.3, 0.4) is 0 Å². The number of hydrogen-bond donors (Lipinski definition) is 3. The van der Waals surface area contributed by atoms with Crippen molar-refractivity contribution in [3.63, 3.8) is 0 Å². The number of rotatable bonds is 0. The van der Waals surface area contributed by atoms with E-state index in [1.165, 1.54) is 0 Å². The molecule has 0 bridgehead atoms. The number of nitrogens with one attached hydrogen (secondary N) is 2. The summed E-state index contributed by atoms with van der Waals surface area (Å²) in [6, 6.07) is 7.95. The van der Waals surface area contributed by atoms with Gasteiger partial charge in [0.15, 0.2) is 0 Å². The Labute approximate surface area is 88.1 Å². The first kappa shape index (κ1) is 8.91. The van der Waals surface area contributed by atoms with Crippen LogP contribution in [0, 0.1) is 0 Å². The summed E-state index contributed by atoms with van der Waals surface area (Å²) < 4.78 is 5.44. The predicted molar refractivity (Wildman–Crippen MR) is 57.0 cm³/mol. The minimum Gasteiger partial charge on any atom is -0.465 e. The van der Waals surface area contributed by atoms with Gasteiger partial charge in [0, 0.05) is 12.1 Å². The van der Waals surface area contributed by atoms with Crippen LogP contribution in [-0.4, -0.2) is 12.7 Å². The summed E-state index contributed by atoms with van der Waals surface area (Å²) in [6.45, 7) is 0.749. The zero-order valence-corrected chi connectivity index (χ0v) is 8.23. The number of para-hydroxylation sites is 1. The van der Waals surface area contributed by atoms with Gasteiger partial charge in [0.05, 0.1) is 12.4 Å². The highest BCUT2D eigenvalue weighted by molar-refractivity contribution is 5.45. The fourth-order valence-corrected chi connectivity index (χ4v) is 2.14. The second-order valence-electron chi connectivity index (χ2n) is 3.86. The van der Waals surface area contributed by atoms with Crippen molar-refractivity contribution in [2.75, 3.05) is 6.54 Å². The van der Waals surface area contributed by atoms with Crippen LogP contribution in [0.4, 0.5) is 0 Å². The Morgan fingerprint density at radius 3 is 3.07 bits per heavy atom. The second-order valence-corrected chi connectivity index (χ2v) is 3.86. The first-order valence-electron chi connectivity index (χ1n) is 5.02. The lowest BCUT2D eigenvalue weighted by molar-refractivity contribution is 0.356. The molecule has 0 aliphatic carbocycles. The molecule has 4 nitrogen and oxygen atoms in total. The summed E-state index contributed by atoms with van der Waals surface area (Å²) in [5, 5.41) is 6.70. The summed E-state index contributed by atoms with van der Waals surface area (Å²) in [6.07, 6.45) is 3.63. The van der Waals surface area contributed by atoms with Gasteiger partial charge in [0.2, 0.25) is 0 Å². The van der Waals surface area contributed by atoms with Crippen LogP contribution in [0.2, 0.25) is 0 Å². The maximum atomic E-state index is 5.85. The van der Waals surface area contributed by atoms with Crippen LogP contribution in [-0.2, 0) is 5.66 Å². The van der Waals surface area contributed by atoms with E-state index in [4.69, 9.17) is 10.5 Å². The molecule has 15 heavy (non-hydrogen) atoms. The maximum absolute atomic E-state index is 5.85. The molecule has 2 heterocycles. The van der Waals surface area contributed by atoms with Crippen molar-refractivity contribution < 1.29 is 4.74 Å². The molecule has 1 spiro atoms. The number of nitrogens with two attached hydrogens (primary N) is 1. The van der Waals surface area contributed by atoms with Gasteiger partial charge < -0.3 is 10.5 Å². The van der Waals surface area contributed by atoms with Crippen LogP contribution >= 0.6 is 0 Å². The van der Waals surface area contributed by atoms with Crippen LogP contribution in [0.1, 0.15) is 5.56 Å². The third-order valence-corrected chi connectivity index (χ3v) is 2.84. The van der Waals surface area contributed by atoms with Crippen LogP contribution in [0.5, 0.6) is 5.75 Å². The minimum absolute atomic E-state index is 0.0270. The molecule has 1 fully saturated rings. The fourth-order valence-electron chi connectivity index (χ4n) is 2.14. The molecule has 3 rings (SSSR count). The number of ether oxygens (including phenoxy) is 1. The first-order valence-corrected chi connectivity index (χ1v) is 5.02. The van der Waals surface area contributed by atoms with Gasteiger partial charge in [-0.05, 0) is 12.1 Å². The van der Waals surface area contributed by atoms with E-state index in [0.29, 0.717) is 0 Å². The van der Waals surface area contributed by atoms with Gasteiger partial charge in [-0.15, -0.1) is 0 Å². The Hall–Kier alpha value is -1.36. The van der Waals surface area contributed by atoms with Gasteiger partial charge in [0.1, 0.15) is 11.4 Å². The van der Waals surface area contributed by atoms with Gasteiger partial charge in [0.25, 0.3) is 0 Å². The summed E-state index contributed by atoms with van der Waals surface area (Å²) in [7, 11) is 0. The van der Waals surface area contributed by atoms with Crippen molar-refractivity contribution >= 4 is 0 Å². The smallest absolute Gasteiger partial charge is 0.133 e. The van der Waals surface area contributed by atoms with Gasteiger partial charge in [-0.25, -0.2) is 0 Å². The predicted octanol–water partition coefficient (Wildman–Crippen LogP) is 0.223. The van der Waals surface area contributed by atoms with Crippen molar-refractivity contribution in [2.45, 2.75) is 11.8 Å². The van der Waals surface area contributed by atoms with Crippen molar-refractivity contribution in [1.29, 1.82) is 0 Å². The standard InChI is InChI=1S/C11H13N3O/c12-10-7-13-11(14-10)5-6-15-9-4-2-1-3-8(9)11/h1-6,10,13-14H,7,12H2. The minimum atomic E-state index is -0.353. The molecule has 0 radical (unpaired) electrons. The highest BCUT2D eigenvalue weighted by Gasteiger charge is 2.39. The molecule has 78 valence electrons. The van der Waals surface area contributed by atoms with Crippen molar-refractivity contribution in [1.82, 2.24) is 10.6 Å². The summed E-state index contributed by atoms with van der Waals surface area (Å²) >= 11 is 0. The average Bonchev–Trinajstić information content (AvgIpc) is 2.62. The van der Waals surface area contributed by atoms with Crippen molar-refractivity contribution in [3.8, 4) is 5.75 Å². The van der Waals surface area contributed by atoms with E-state index in [2.05, 4.69) is 10.6 Å². The number of hydrogen-bond acceptors (Lipinski definition) is 4. The molecule has 0 saturated carbocycles. The van der Waals surface area contributed by atoms with E-state index in [1.807, 2.05) is 30.3 Å². The molecule has 1 aromatic carbocycles. The topological polar surface area (TPSA) is 59.3 Å². The summed E-state index contributed by atoms with van der Waals surface area (Å²) in [5.41, 5.74) is 6.58. The van der Waals surface area contributed by atoms with Crippen LogP contribution in [0.15, 0.2) is 36.6 Å². The van der Waals surface area contributed by atoms with E-state index >= 15 is 0 Å². The fraction of sp³-hybridized carbons (Fsp3) is 0.273. The number of fused-ring (bicyclic) bond motifs is 2. The zero-order chi connectivity index (χ0) is 10.3. The summed E-state index contributed by atoms with van der Waals surface area (Å²) in [4.78, 5) is 0. The van der Waals surface area contributed by atoms with E-state index in [0.717, 1.165) is 17.9 Å². The SMILES string of the molecule is NC1CNC2(C=COc3ccccc32)N1. The molecule has 1 aromatic rings. The lowest BCUT2D eigenvalue weighted by Crippen LogP contribution is -2.48. The van der Waals surface area contributed by atoms with Crippen LogP contribution < -0.4 is 21.1 Å². The van der Waals surface area contributed by atoms with E-state index in [-0.39, 0.29) is 11.8 Å². The zero-order valence-electron chi connectivity index (χ0n) is 8.23. The number of benzene rings is 1. The second kappa shape index (κ2) is 3.06. The Morgan fingerprint density at radius 1 is 1.40 bits per heavy atom. The van der Waals surface area contributed by atoms with E-state index in [9.17, 15) is 0 Å². The first-order chi connectivity index (χ1) is 7.30. The highest BCUT2D eigenvalue weighted by Crippen LogP contribution is 2.34. The quantitative estimate of drug-likeness (QED) is 0.564. The lowest BCUT2D eigenvalue weighted by Gasteiger charge is -2.31. The molecular weight excluding hydrogens is 190 g/mol. The Kier molecular flexibility index (Phi) is 1.82. The molecule has 0 aromatic heterocycles. The Morgan fingerprint density at radius 2 is 2.27 bits per heavy atom. The molecule has 4 heteroatoms. The molecule has 4 N–H and O–H groups in total. The molecule has 1 saturated heterocycles. The van der Waals surface area contributed by atoms with Gasteiger partial charge >= 0.3 is 0 Å². The Bertz CT molecular complexity index is 418. The third kappa shape index (κ3) is 1.26. The molecule has 2 aliphatic heterocycles. The van der Waals surface area contributed by atoms with E-state index < -0.39 is 0 Å². The van der Waals surface area contributed by atoms with E-state index in [1.54, 1.807) is 6.26 Å². The summed E-state index contributed by atoms with van der Waals surface area (Å²) in [5.74, 6) is 0.870. The van der Waals surface area contributed by atoms with Gasteiger partial charge in [-0.3, -0.25) is 10.6 Å². The van der Waals surface area contributed by atoms with Crippen LogP contribution in [0.25, 0.3) is 0 Å². The molecule has 2 aliphatic rings.